The van der Waals surface area contributed by atoms with Crippen molar-refractivity contribution in [1.82, 2.24) is 0 Å². The van der Waals surface area contributed by atoms with Crippen molar-refractivity contribution in [2.24, 2.45) is 0 Å². The van der Waals surface area contributed by atoms with Crippen LogP contribution in [0, 0.1) is 0 Å². The summed E-state index contributed by atoms with van der Waals surface area (Å²) in [5, 5.41) is 1.16. The standard InChI is InChI=1S/C22H17Cl2NO2S/c23-16-9-11-17(12-10-16)25-21(26)14-28-22(25)18-6-2-4-8-20(18)27-13-15-5-1-3-7-19(15)24/h1-12,22H,13-14H2/t22-/m0/s1. The van der Waals surface area contributed by atoms with Gasteiger partial charge in [-0.15, -0.1) is 11.8 Å². The smallest absolute Gasteiger partial charge is 0.238 e. The van der Waals surface area contributed by atoms with Gasteiger partial charge in [-0.05, 0) is 36.4 Å². The minimum absolute atomic E-state index is 0.0678. The molecular weight excluding hydrogens is 413 g/mol. The zero-order valence-corrected chi connectivity index (χ0v) is 17.2. The van der Waals surface area contributed by atoms with Crippen LogP contribution in [0.2, 0.25) is 10.0 Å². The van der Waals surface area contributed by atoms with Crippen LogP contribution in [-0.4, -0.2) is 11.7 Å². The first-order valence-corrected chi connectivity index (χ1v) is 10.6. The number of benzene rings is 3. The molecule has 4 rings (SSSR count). The molecule has 0 radical (unpaired) electrons. The summed E-state index contributed by atoms with van der Waals surface area (Å²) in [4.78, 5) is 14.4. The van der Waals surface area contributed by atoms with Gasteiger partial charge in [-0.1, -0.05) is 59.6 Å². The minimum Gasteiger partial charge on any atom is -0.488 e. The van der Waals surface area contributed by atoms with Crippen LogP contribution in [-0.2, 0) is 11.4 Å². The molecule has 1 atom stereocenters. The maximum atomic E-state index is 12.6. The lowest BCUT2D eigenvalue weighted by atomic mass is 10.1. The Hall–Kier alpha value is -2.14. The second-order valence-corrected chi connectivity index (χ2v) is 8.23. The van der Waals surface area contributed by atoms with Crippen molar-refractivity contribution < 1.29 is 9.53 Å². The molecule has 3 aromatic rings. The largest absolute Gasteiger partial charge is 0.488 e. The first-order valence-electron chi connectivity index (χ1n) is 8.78. The number of nitrogens with zero attached hydrogens (tertiary/aromatic N) is 1. The molecule has 0 aliphatic carbocycles. The fraction of sp³-hybridized carbons (Fsp3) is 0.136. The van der Waals surface area contributed by atoms with E-state index in [0.717, 1.165) is 22.6 Å². The molecule has 3 nitrogen and oxygen atoms in total. The van der Waals surface area contributed by atoms with Gasteiger partial charge in [0.25, 0.3) is 0 Å². The third kappa shape index (κ3) is 4.00. The van der Waals surface area contributed by atoms with E-state index >= 15 is 0 Å². The van der Waals surface area contributed by atoms with Gasteiger partial charge in [-0.3, -0.25) is 9.69 Å². The molecule has 0 unspecified atom stereocenters. The van der Waals surface area contributed by atoms with Crippen molar-refractivity contribution in [3.63, 3.8) is 0 Å². The summed E-state index contributed by atoms with van der Waals surface area (Å²) in [6, 6.07) is 22.8. The highest BCUT2D eigenvalue weighted by Crippen LogP contribution is 2.45. The zero-order valence-electron chi connectivity index (χ0n) is 14.8. The van der Waals surface area contributed by atoms with E-state index in [1.807, 2.05) is 60.7 Å². The molecule has 0 saturated carbocycles. The summed E-state index contributed by atoms with van der Waals surface area (Å²) >= 11 is 13.8. The summed E-state index contributed by atoms with van der Waals surface area (Å²) in [5.41, 5.74) is 2.70. The van der Waals surface area contributed by atoms with Gasteiger partial charge in [0.1, 0.15) is 17.7 Å². The SMILES string of the molecule is O=C1CS[C@@H](c2ccccc2OCc2ccccc2Cl)N1c1ccc(Cl)cc1. The predicted octanol–water partition coefficient (Wildman–Crippen LogP) is 6.35. The zero-order chi connectivity index (χ0) is 19.5. The molecule has 0 aromatic heterocycles. The highest BCUT2D eigenvalue weighted by molar-refractivity contribution is 8.00. The highest BCUT2D eigenvalue weighted by atomic mass is 35.5. The normalized spacial score (nSPS) is 16.4. The minimum atomic E-state index is -0.156. The Bertz CT molecular complexity index is 994. The lowest BCUT2D eigenvalue weighted by Gasteiger charge is -2.26. The molecule has 1 fully saturated rings. The van der Waals surface area contributed by atoms with E-state index in [1.54, 1.807) is 28.8 Å². The third-order valence-corrected chi connectivity index (χ3v) is 6.31. The van der Waals surface area contributed by atoms with Crippen molar-refractivity contribution in [2.75, 3.05) is 10.7 Å². The second-order valence-electron chi connectivity index (χ2n) is 6.32. The monoisotopic (exact) mass is 429 g/mol. The fourth-order valence-corrected chi connectivity index (χ4v) is 4.64. The topological polar surface area (TPSA) is 29.5 Å². The van der Waals surface area contributed by atoms with Crippen LogP contribution in [0.3, 0.4) is 0 Å². The predicted molar refractivity (Wildman–Crippen MR) is 116 cm³/mol. The molecule has 6 heteroatoms. The number of halogens is 2. The Balaban J connectivity index is 1.62. The molecule has 1 aliphatic rings. The number of hydrogen-bond donors (Lipinski definition) is 0. The van der Waals surface area contributed by atoms with E-state index < -0.39 is 0 Å². The van der Waals surface area contributed by atoms with E-state index in [0.29, 0.717) is 22.4 Å². The molecular formula is C22H17Cl2NO2S. The third-order valence-electron chi connectivity index (χ3n) is 4.50. The van der Waals surface area contributed by atoms with E-state index in [4.69, 9.17) is 27.9 Å². The molecule has 3 aromatic carbocycles. The van der Waals surface area contributed by atoms with Gasteiger partial charge in [0.15, 0.2) is 0 Å². The number of hydrogen-bond acceptors (Lipinski definition) is 3. The van der Waals surface area contributed by atoms with Gasteiger partial charge in [-0.25, -0.2) is 0 Å². The number of carbonyl (C=O) groups is 1. The number of rotatable bonds is 5. The van der Waals surface area contributed by atoms with Crippen LogP contribution in [0.5, 0.6) is 5.75 Å². The number of thioether (sulfide) groups is 1. The molecule has 1 saturated heterocycles. The van der Waals surface area contributed by atoms with E-state index in [9.17, 15) is 4.79 Å². The van der Waals surface area contributed by atoms with E-state index in [-0.39, 0.29) is 11.3 Å². The summed E-state index contributed by atoms with van der Waals surface area (Å²) in [7, 11) is 0. The van der Waals surface area contributed by atoms with E-state index in [1.165, 1.54) is 0 Å². The number of para-hydroxylation sites is 1. The molecule has 1 aliphatic heterocycles. The molecule has 0 spiro atoms. The summed E-state index contributed by atoms with van der Waals surface area (Å²) in [6.45, 7) is 0.364. The van der Waals surface area contributed by atoms with Crippen LogP contribution in [0.1, 0.15) is 16.5 Å². The first kappa shape index (κ1) is 19.2. The van der Waals surface area contributed by atoms with Crippen molar-refractivity contribution >= 4 is 46.6 Å². The van der Waals surface area contributed by atoms with Crippen molar-refractivity contribution in [3.8, 4) is 5.75 Å². The van der Waals surface area contributed by atoms with Crippen molar-refractivity contribution in [3.05, 3.63) is 94.0 Å². The van der Waals surface area contributed by atoms with Crippen LogP contribution < -0.4 is 9.64 Å². The van der Waals surface area contributed by atoms with E-state index in [2.05, 4.69) is 0 Å². The Morgan fingerprint density at radius 1 is 0.964 bits per heavy atom. The summed E-state index contributed by atoms with van der Waals surface area (Å²) in [6.07, 6.45) is 0. The van der Waals surface area contributed by atoms with Crippen LogP contribution in [0.4, 0.5) is 5.69 Å². The number of ether oxygens (including phenoxy) is 1. The molecule has 0 bridgehead atoms. The van der Waals surface area contributed by atoms with Gasteiger partial charge in [0, 0.05) is 26.9 Å². The van der Waals surface area contributed by atoms with Gasteiger partial charge < -0.3 is 4.74 Å². The van der Waals surface area contributed by atoms with Crippen LogP contribution >= 0.6 is 35.0 Å². The maximum absolute atomic E-state index is 12.6. The summed E-state index contributed by atoms with van der Waals surface area (Å²) < 4.78 is 6.10. The number of carbonyl (C=O) groups excluding carboxylic acids is 1. The lowest BCUT2D eigenvalue weighted by molar-refractivity contribution is -0.115. The Morgan fingerprint density at radius 3 is 2.46 bits per heavy atom. The molecule has 28 heavy (non-hydrogen) atoms. The van der Waals surface area contributed by atoms with Crippen LogP contribution in [0.25, 0.3) is 0 Å². The molecule has 142 valence electrons. The fourth-order valence-electron chi connectivity index (χ4n) is 3.12. The van der Waals surface area contributed by atoms with Gasteiger partial charge in [0.2, 0.25) is 5.91 Å². The van der Waals surface area contributed by atoms with Gasteiger partial charge in [-0.2, -0.15) is 0 Å². The second kappa shape index (κ2) is 8.48. The highest BCUT2D eigenvalue weighted by Gasteiger charge is 2.35. The first-order chi connectivity index (χ1) is 13.6. The van der Waals surface area contributed by atoms with Gasteiger partial charge >= 0.3 is 0 Å². The average Bonchev–Trinajstić information content (AvgIpc) is 3.09. The average molecular weight is 430 g/mol. The molecule has 1 amide bonds. The van der Waals surface area contributed by atoms with Gasteiger partial charge in [0.05, 0.1) is 5.75 Å². The Morgan fingerprint density at radius 2 is 1.68 bits per heavy atom. The molecule has 1 heterocycles. The van der Waals surface area contributed by atoms with Crippen LogP contribution in [0.15, 0.2) is 72.8 Å². The number of anilines is 1. The lowest BCUT2D eigenvalue weighted by Crippen LogP contribution is -2.28. The maximum Gasteiger partial charge on any atom is 0.238 e. The number of amides is 1. The summed E-state index contributed by atoms with van der Waals surface area (Å²) in [5.74, 6) is 1.23. The van der Waals surface area contributed by atoms with Crippen molar-refractivity contribution in [1.29, 1.82) is 0 Å². The molecule has 0 N–H and O–H groups in total. The Labute approximate surface area is 178 Å². The Kier molecular flexibility index (Phi) is 5.81. The quantitative estimate of drug-likeness (QED) is 0.472. The van der Waals surface area contributed by atoms with Crippen molar-refractivity contribution in [2.45, 2.75) is 12.0 Å².